The molecule has 1 aliphatic heterocycles. The van der Waals surface area contributed by atoms with Gasteiger partial charge in [-0.25, -0.2) is 4.39 Å². The van der Waals surface area contributed by atoms with Crippen LogP contribution in [0, 0.1) is 11.2 Å². The van der Waals surface area contributed by atoms with Crippen molar-refractivity contribution >= 4 is 11.8 Å². The van der Waals surface area contributed by atoms with Gasteiger partial charge in [-0.15, -0.1) is 0 Å². The molecule has 0 N–H and O–H groups in total. The summed E-state index contributed by atoms with van der Waals surface area (Å²) in [5, 5.41) is 0. The maximum absolute atomic E-state index is 13.7. The van der Waals surface area contributed by atoms with Crippen molar-refractivity contribution in [3.63, 3.8) is 0 Å². The van der Waals surface area contributed by atoms with E-state index in [9.17, 15) is 14.0 Å². The van der Waals surface area contributed by atoms with Gasteiger partial charge < -0.3 is 9.80 Å². The molecule has 4 nitrogen and oxygen atoms in total. The van der Waals surface area contributed by atoms with Crippen molar-refractivity contribution in [3.05, 3.63) is 35.6 Å². The molecule has 1 heterocycles. The van der Waals surface area contributed by atoms with Gasteiger partial charge in [-0.05, 0) is 18.6 Å². The fourth-order valence-electron chi connectivity index (χ4n) is 2.60. The lowest BCUT2D eigenvalue weighted by molar-refractivity contribution is -0.139. The summed E-state index contributed by atoms with van der Waals surface area (Å²) in [5.41, 5.74) is -0.330. The Hall–Kier alpha value is -1.91. The highest BCUT2D eigenvalue weighted by Crippen LogP contribution is 2.19. The van der Waals surface area contributed by atoms with Gasteiger partial charge in [-0.2, -0.15) is 0 Å². The van der Waals surface area contributed by atoms with E-state index < -0.39 is 11.2 Å². The number of carbonyl (C=O) groups excluding carboxylic acids is 2. The summed E-state index contributed by atoms with van der Waals surface area (Å²) in [7, 11) is 0. The van der Waals surface area contributed by atoms with Gasteiger partial charge in [0, 0.05) is 31.6 Å². The summed E-state index contributed by atoms with van der Waals surface area (Å²) in [6.45, 7) is 7.79. The molecule has 0 unspecified atom stereocenters. The molecule has 0 bridgehead atoms. The first-order chi connectivity index (χ1) is 10.3. The van der Waals surface area contributed by atoms with Crippen molar-refractivity contribution < 1.29 is 14.0 Å². The summed E-state index contributed by atoms with van der Waals surface area (Å²) in [6.07, 6.45) is 0.710. The van der Waals surface area contributed by atoms with E-state index in [1.807, 2.05) is 20.8 Å². The van der Waals surface area contributed by atoms with Crippen LogP contribution in [-0.4, -0.2) is 47.8 Å². The van der Waals surface area contributed by atoms with E-state index >= 15 is 0 Å². The molecule has 1 aromatic carbocycles. The Bertz CT molecular complexity index is 566. The summed E-state index contributed by atoms with van der Waals surface area (Å²) in [5.74, 6) is -0.713. The van der Waals surface area contributed by atoms with Crippen molar-refractivity contribution in [2.75, 3.05) is 26.2 Å². The van der Waals surface area contributed by atoms with Gasteiger partial charge >= 0.3 is 0 Å². The second-order valence-corrected chi connectivity index (χ2v) is 6.67. The number of hydrogen-bond donors (Lipinski definition) is 0. The summed E-state index contributed by atoms with van der Waals surface area (Å²) >= 11 is 0. The van der Waals surface area contributed by atoms with Crippen molar-refractivity contribution in [3.8, 4) is 0 Å². The Labute approximate surface area is 130 Å². The quantitative estimate of drug-likeness (QED) is 0.800. The molecular formula is C17H23FN2O2. The van der Waals surface area contributed by atoms with Crippen LogP contribution in [0.5, 0.6) is 0 Å². The first kappa shape index (κ1) is 16.5. The first-order valence-electron chi connectivity index (χ1n) is 7.64. The van der Waals surface area contributed by atoms with Crippen LogP contribution in [0.3, 0.4) is 0 Å². The molecule has 1 aromatic rings. The lowest BCUT2D eigenvalue weighted by atomic mass is 9.94. The Morgan fingerprint density at radius 1 is 1.00 bits per heavy atom. The predicted octanol–water partition coefficient (Wildman–Crippen LogP) is 2.55. The normalized spacial score (nSPS) is 16.4. The predicted molar refractivity (Wildman–Crippen MR) is 83.0 cm³/mol. The molecule has 1 aliphatic rings. The Balaban J connectivity index is 2.06. The maximum Gasteiger partial charge on any atom is 0.256 e. The zero-order valence-electron chi connectivity index (χ0n) is 13.4. The summed E-state index contributed by atoms with van der Waals surface area (Å²) in [4.78, 5) is 28.2. The first-order valence-corrected chi connectivity index (χ1v) is 7.64. The van der Waals surface area contributed by atoms with Gasteiger partial charge in [-0.1, -0.05) is 32.9 Å². The molecule has 22 heavy (non-hydrogen) atoms. The highest BCUT2D eigenvalue weighted by molar-refractivity contribution is 5.94. The minimum Gasteiger partial charge on any atom is -0.340 e. The van der Waals surface area contributed by atoms with Crippen molar-refractivity contribution in [1.82, 2.24) is 9.80 Å². The van der Waals surface area contributed by atoms with E-state index in [1.54, 1.807) is 21.9 Å². The smallest absolute Gasteiger partial charge is 0.256 e. The van der Waals surface area contributed by atoms with E-state index in [1.165, 1.54) is 12.1 Å². The van der Waals surface area contributed by atoms with Gasteiger partial charge in [0.05, 0.1) is 5.56 Å². The van der Waals surface area contributed by atoms with Gasteiger partial charge in [0.15, 0.2) is 0 Å². The lowest BCUT2D eigenvalue weighted by Gasteiger charge is -2.28. The number of rotatable bonds is 1. The highest BCUT2D eigenvalue weighted by Gasteiger charge is 2.29. The zero-order valence-corrected chi connectivity index (χ0v) is 13.4. The van der Waals surface area contributed by atoms with Crippen LogP contribution in [-0.2, 0) is 4.79 Å². The molecule has 0 radical (unpaired) electrons. The topological polar surface area (TPSA) is 40.6 Å². The molecular weight excluding hydrogens is 283 g/mol. The zero-order chi connectivity index (χ0) is 16.3. The minimum atomic E-state index is -0.501. The van der Waals surface area contributed by atoms with E-state index in [4.69, 9.17) is 0 Å². The van der Waals surface area contributed by atoms with Crippen molar-refractivity contribution in [2.24, 2.45) is 5.41 Å². The second-order valence-electron chi connectivity index (χ2n) is 6.67. The largest absolute Gasteiger partial charge is 0.340 e. The second kappa shape index (κ2) is 6.46. The van der Waals surface area contributed by atoms with Crippen LogP contribution in [0.2, 0.25) is 0 Å². The van der Waals surface area contributed by atoms with E-state index in [0.29, 0.717) is 32.6 Å². The highest BCUT2D eigenvalue weighted by atomic mass is 19.1. The lowest BCUT2D eigenvalue weighted by Crippen LogP contribution is -2.42. The van der Waals surface area contributed by atoms with Crippen LogP contribution < -0.4 is 0 Å². The van der Waals surface area contributed by atoms with Gasteiger partial charge in [-0.3, -0.25) is 9.59 Å². The van der Waals surface area contributed by atoms with Gasteiger partial charge in [0.1, 0.15) is 5.82 Å². The monoisotopic (exact) mass is 306 g/mol. The van der Waals surface area contributed by atoms with Crippen LogP contribution >= 0.6 is 0 Å². The fourth-order valence-corrected chi connectivity index (χ4v) is 2.60. The summed E-state index contributed by atoms with van der Waals surface area (Å²) < 4.78 is 13.7. The molecule has 2 amide bonds. The molecule has 0 atom stereocenters. The number of benzene rings is 1. The van der Waals surface area contributed by atoms with Crippen LogP contribution in [0.4, 0.5) is 4.39 Å². The third-order valence-corrected chi connectivity index (χ3v) is 3.82. The fraction of sp³-hybridized carbons (Fsp3) is 0.529. The number of amides is 2. The van der Waals surface area contributed by atoms with Gasteiger partial charge in [0.2, 0.25) is 5.91 Å². The molecule has 0 saturated carbocycles. The molecule has 5 heteroatoms. The van der Waals surface area contributed by atoms with Crippen LogP contribution in [0.1, 0.15) is 37.6 Å². The van der Waals surface area contributed by atoms with Gasteiger partial charge in [0.25, 0.3) is 5.91 Å². The molecule has 120 valence electrons. The number of halogens is 1. The minimum absolute atomic E-state index is 0.0905. The average Bonchev–Trinajstić information content (AvgIpc) is 2.71. The van der Waals surface area contributed by atoms with E-state index in [2.05, 4.69) is 0 Å². The number of carbonyl (C=O) groups is 2. The Morgan fingerprint density at radius 2 is 1.59 bits per heavy atom. The maximum atomic E-state index is 13.7. The summed E-state index contributed by atoms with van der Waals surface area (Å²) in [6, 6.07) is 6.02. The van der Waals surface area contributed by atoms with Crippen LogP contribution in [0.25, 0.3) is 0 Å². The standard InChI is InChI=1S/C17H23FN2O2/c1-17(2,3)16(22)20-10-6-9-19(11-12-20)15(21)13-7-4-5-8-14(13)18/h4-5,7-8H,6,9-12H2,1-3H3. The van der Waals surface area contributed by atoms with Crippen LogP contribution in [0.15, 0.2) is 24.3 Å². The number of nitrogens with zero attached hydrogens (tertiary/aromatic N) is 2. The molecule has 0 aliphatic carbocycles. The molecule has 0 aromatic heterocycles. The average molecular weight is 306 g/mol. The Morgan fingerprint density at radius 3 is 2.23 bits per heavy atom. The number of hydrogen-bond acceptors (Lipinski definition) is 2. The third kappa shape index (κ3) is 3.64. The van der Waals surface area contributed by atoms with Crippen molar-refractivity contribution in [1.29, 1.82) is 0 Å². The SMILES string of the molecule is CC(C)(C)C(=O)N1CCCN(C(=O)c2ccccc2F)CC1. The molecule has 0 spiro atoms. The molecule has 1 fully saturated rings. The third-order valence-electron chi connectivity index (χ3n) is 3.82. The molecule has 2 rings (SSSR count). The molecule has 1 saturated heterocycles. The van der Waals surface area contributed by atoms with E-state index in [0.717, 1.165) is 0 Å². The Kier molecular flexibility index (Phi) is 4.84. The van der Waals surface area contributed by atoms with Crippen molar-refractivity contribution in [2.45, 2.75) is 27.2 Å². The van der Waals surface area contributed by atoms with E-state index in [-0.39, 0.29) is 17.4 Å².